The zero-order valence-corrected chi connectivity index (χ0v) is 41.4. The molecule has 0 N–H and O–H groups in total. The van der Waals surface area contributed by atoms with Gasteiger partial charge in [0, 0.05) is 28.7 Å². The van der Waals surface area contributed by atoms with Gasteiger partial charge in [0.1, 0.15) is 11.2 Å². The van der Waals surface area contributed by atoms with Crippen LogP contribution in [0.3, 0.4) is 0 Å². The predicted octanol–water partition coefficient (Wildman–Crippen LogP) is 17.4. The SMILES string of the molecule is CC(C)(C)Cc1cc(-c2cc(C(C)(c3cccc(-c4ccc(-c5ccccc5)cc4)c3)c3ccccn3)cc3c2oc2cc4c(ccc5ccccc54)cc23)nc(C(C)(c2ccccc2)c2ccccn2)c1. The molecule has 4 heteroatoms. The molecular weight excluding hydrogens is 875 g/mol. The Bertz CT molecular complexity index is 3890. The van der Waals surface area contributed by atoms with Gasteiger partial charge in [-0.2, -0.15) is 0 Å². The first-order chi connectivity index (χ1) is 35.0. The first kappa shape index (κ1) is 44.7. The van der Waals surface area contributed by atoms with Gasteiger partial charge in [-0.1, -0.05) is 172 Å². The maximum atomic E-state index is 7.26. The van der Waals surface area contributed by atoms with Crippen LogP contribution in [0.2, 0.25) is 0 Å². The van der Waals surface area contributed by atoms with Gasteiger partial charge in [-0.3, -0.25) is 15.0 Å². The van der Waals surface area contributed by atoms with E-state index in [1.54, 1.807) is 0 Å². The third kappa shape index (κ3) is 7.94. The summed E-state index contributed by atoms with van der Waals surface area (Å²) in [5.74, 6) is 0. The Morgan fingerprint density at radius 1 is 0.389 bits per heavy atom. The molecule has 0 amide bonds. The number of fused-ring (bicyclic) bond motifs is 6. The normalized spacial score (nSPS) is 13.6. The Labute approximate surface area is 421 Å². The second kappa shape index (κ2) is 17.7. The fourth-order valence-corrected chi connectivity index (χ4v) is 11.0. The molecule has 12 rings (SSSR count). The highest BCUT2D eigenvalue weighted by Gasteiger charge is 2.37. The number of rotatable bonds is 10. The van der Waals surface area contributed by atoms with Gasteiger partial charge in [0.15, 0.2) is 0 Å². The third-order valence-electron chi connectivity index (χ3n) is 14.9. The number of hydrogen-bond donors (Lipinski definition) is 0. The molecule has 2 atom stereocenters. The molecule has 0 saturated carbocycles. The van der Waals surface area contributed by atoms with E-state index >= 15 is 0 Å². The van der Waals surface area contributed by atoms with Crippen molar-refractivity contribution < 1.29 is 4.42 Å². The fraction of sp³-hybridized carbons (Fsp3) is 0.132. The molecule has 8 aromatic carbocycles. The summed E-state index contributed by atoms with van der Waals surface area (Å²) in [5, 5.41) is 6.81. The number of benzene rings is 8. The van der Waals surface area contributed by atoms with Gasteiger partial charge in [-0.05, 0) is 158 Å². The van der Waals surface area contributed by atoms with Crippen LogP contribution in [0.1, 0.15) is 74.0 Å². The predicted molar refractivity (Wildman–Crippen MR) is 298 cm³/mol. The zero-order chi connectivity index (χ0) is 49.0. The van der Waals surface area contributed by atoms with Crippen LogP contribution in [0, 0.1) is 5.41 Å². The van der Waals surface area contributed by atoms with Gasteiger partial charge >= 0.3 is 0 Å². The van der Waals surface area contributed by atoms with E-state index in [-0.39, 0.29) is 5.41 Å². The molecule has 0 spiro atoms. The zero-order valence-electron chi connectivity index (χ0n) is 41.4. The molecule has 0 aliphatic rings. The average molecular weight is 930 g/mol. The molecule has 0 aliphatic carbocycles. The third-order valence-corrected chi connectivity index (χ3v) is 14.9. The summed E-state index contributed by atoms with van der Waals surface area (Å²) >= 11 is 0. The summed E-state index contributed by atoms with van der Waals surface area (Å²) in [5.41, 5.74) is 14.0. The van der Waals surface area contributed by atoms with Crippen LogP contribution in [0.15, 0.2) is 235 Å². The molecule has 72 heavy (non-hydrogen) atoms. The van der Waals surface area contributed by atoms with Crippen molar-refractivity contribution >= 4 is 43.5 Å². The Kier molecular flexibility index (Phi) is 11.0. The van der Waals surface area contributed by atoms with Crippen molar-refractivity contribution in [1.82, 2.24) is 15.0 Å². The van der Waals surface area contributed by atoms with E-state index in [9.17, 15) is 0 Å². The van der Waals surface area contributed by atoms with Gasteiger partial charge in [0.2, 0.25) is 0 Å². The van der Waals surface area contributed by atoms with Crippen molar-refractivity contribution in [3.63, 3.8) is 0 Å². The number of pyridine rings is 3. The molecule has 348 valence electrons. The molecule has 0 bridgehead atoms. The molecule has 2 unspecified atom stereocenters. The van der Waals surface area contributed by atoms with E-state index in [2.05, 4.69) is 241 Å². The van der Waals surface area contributed by atoms with E-state index in [0.29, 0.717) is 0 Å². The highest BCUT2D eigenvalue weighted by molar-refractivity contribution is 6.17. The van der Waals surface area contributed by atoms with Crippen LogP contribution < -0.4 is 0 Å². The lowest BCUT2D eigenvalue weighted by atomic mass is 9.72. The fourth-order valence-electron chi connectivity index (χ4n) is 11.0. The molecule has 4 nitrogen and oxygen atoms in total. The van der Waals surface area contributed by atoms with Crippen LogP contribution >= 0.6 is 0 Å². The standard InChI is InChI=1S/C68H55N3O/c1-66(2,3)44-45-37-60(71-64(38-45)68(5,52-23-10-7-11-24-52)63-28-15-17-36-70-63)59-42-54(41-58-57-40-51-34-33-49-21-12-13-26-55(49)56(51)43-61(57)72-65(58)59)67(4,62-27-14-16-35-69-62)53-25-18-22-50(39-53)48-31-29-47(30-32-48)46-19-8-6-9-20-46/h6-43H,44H2,1-5H3. The molecule has 0 radical (unpaired) electrons. The summed E-state index contributed by atoms with van der Waals surface area (Å²) < 4.78 is 7.26. The van der Waals surface area contributed by atoms with Crippen molar-refractivity contribution in [2.45, 2.75) is 51.9 Å². The van der Waals surface area contributed by atoms with E-state index in [0.717, 1.165) is 95.3 Å². The van der Waals surface area contributed by atoms with Crippen LogP contribution in [-0.2, 0) is 17.3 Å². The maximum absolute atomic E-state index is 7.26. The van der Waals surface area contributed by atoms with Crippen LogP contribution in [0.4, 0.5) is 0 Å². The molecular formula is C68H55N3O. The van der Waals surface area contributed by atoms with Crippen molar-refractivity contribution in [3.8, 4) is 33.5 Å². The van der Waals surface area contributed by atoms with Gasteiger partial charge < -0.3 is 4.42 Å². The highest BCUT2D eigenvalue weighted by atomic mass is 16.3. The highest BCUT2D eigenvalue weighted by Crippen LogP contribution is 2.47. The largest absolute Gasteiger partial charge is 0.455 e. The minimum Gasteiger partial charge on any atom is -0.455 e. The number of aromatic nitrogens is 3. The van der Waals surface area contributed by atoms with Crippen molar-refractivity contribution in [3.05, 3.63) is 270 Å². The van der Waals surface area contributed by atoms with E-state index in [1.165, 1.54) is 27.5 Å². The Morgan fingerprint density at radius 3 is 1.71 bits per heavy atom. The van der Waals surface area contributed by atoms with Crippen LogP contribution in [0.25, 0.3) is 77.0 Å². The summed E-state index contributed by atoms with van der Waals surface area (Å²) in [7, 11) is 0. The molecule has 12 aromatic rings. The topological polar surface area (TPSA) is 51.8 Å². The van der Waals surface area contributed by atoms with E-state index in [4.69, 9.17) is 19.4 Å². The van der Waals surface area contributed by atoms with Crippen molar-refractivity contribution in [1.29, 1.82) is 0 Å². The number of hydrogen-bond acceptors (Lipinski definition) is 4. The van der Waals surface area contributed by atoms with E-state index in [1.807, 2.05) is 24.5 Å². The van der Waals surface area contributed by atoms with Crippen molar-refractivity contribution in [2.75, 3.05) is 0 Å². The molecule has 4 aromatic heterocycles. The van der Waals surface area contributed by atoms with Crippen molar-refractivity contribution in [2.24, 2.45) is 5.41 Å². The quantitative estimate of drug-likeness (QED) is 0.128. The second-order valence-electron chi connectivity index (χ2n) is 20.9. The number of nitrogens with zero attached hydrogens (tertiary/aromatic N) is 3. The maximum Gasteiger partial charge on any atom is 0.144 e. The lowest BCUT2D eigenvalue weighted by Gasteiger charge is -2.32. The van der Waals surface area contributed by atoms with Gasteiger partial charge in [-0.15, -0.1) is 0 Å². The summed E-state index contributed by atoms with van der Waals surface area (Å²) in [6, 6.07) is 78.5. The smallest absolute Gasteiger partial charge is 0.144 e. The second-order valence-corrected chi connectivity index (χ2v) is 20.9. The summed E-state index contributed by atoms with van der Waals surface area (Å²) in [6.45, 7) is 11.5. The summed E-state index contributed by atoms with van der Waals surface area (Å²) in [4.78, 5) is 16.0. The minimum absolute atomic E-state index is 0.00606. The van der Waals surface area contributed by atoms with Gasteiger partial charge in [0.05, 0.1) is 33.6 Å². The van der Waals surface area contributed by atoms with E-state index < -0.39 is 10.8 Å². The first-order valence-corrected chi connectivity index (χ1v) is 25.0. The van der Waals surface area contributed by atoms with Gasteiger partial charge in [0.25, 0.3) is 0 Å². The lowest BCUT2D eigenvalue weighted by Crippen LogP contribution is -2.28. The molecule has 0 saturated heterocycles. The lowest BCUT2D eigenvalue weighted by molar-refractivity contribution is 0.410. The monoisotopic (exact) mass is 929 g/mol. The van der Waals surface area contributed by atoms with Crippen LogP contribution in [0.5, 0.6) is 0 Å². The first-order valence-electron chi connectivity index (χ1n) is 25.0. The Hall–Kier alpha value is -8.47. The Balaban J connectivity index is 1.14. The molecule has 0 fully saturated rings. The van der Waals surface area contributed by atoms with Crippen LogP contribution in [-0.4, -0.2) is 15.0 Å². The summed E-state index contributed by atoms with van der Waals surface area (Å²) in [6.07, 6.45) is 4.64. The average Bonchev–Trinajstić information content (AvgIpc) is 3.79. The van der Waals surface area contributed by atoms with Gasteiger partial charge in [-0.25, -0.2) is 0 Å². The molecule has 0 aliphatic heterocycles. The number of furan rings is 1. The minimum atomic E-state index is -0.723. The Morgan fingerprint density at radius 2 is 1.00 bits per heavy atom. The molecule has 4 heterocycles.